The first kappa shape index (κ1) is 9.52. The SMILES string of the molecule is CN1CCCCC1Cn1cc(O)cn1. The lowest BCUT2D eigenvalue weighted by Crippen LogP contribution is -2.39. The fraction of sp³-hybridized carbons (Fsp3) is 0.700. The lowest BCUT2D eigenvalue weighted by atomic mass is 10.0. The smallest absolute Gasteiger partial charge is 0.153 e. The maximum Gasteiger partial charge on any atom is 0.153 e. The summed E-state index contributed by atoms with van der Waals surface area (Å²) in [4.78, 5) is 2.38. The van der Waals surface area contributed by atoms with Gasteiger partial charge in [0.25, 0.3) is 0 Å². The number of rotatable bonds is 2. The molecule has 0 amide bonds. The van der Waals surface area contributed by atoms with E-state index in [0.29, 0.717) is 6.04 Å². The molecule has 0 saturated carbocycles. The number of aromatic nitrogens is 2. The van der Waals surface area contributed by atoms with Crippen molar-refractivity contribution in [3.8, 4) is 5.75 Å². The zero-order chi connectivity index (χ0) is 9.97. The van der Waals surface area contributed by atoms with Gasteiger partial charge in [0.05, 0.1) is 18.9 Å². The molecule has 1 aromatic rings. The number of piperidine rings is 1. The molecule has 0 bridgehead atoms. The second-order valence-corrected chi connectivity index (χ2v) is 4.05. The minimum atomic E-state index is 0.253. The molecule has 0 aromatic carbocycles. The van der Waals surface area contributed by atoms with Crippen molar-refractivity contribution in [2.45, 2.75) is 31.8 Å². The Kier molecular flexibility index (Phi) is 2.72. The van der Waals surface area contributed by atoms with Crippen LogP contribution in [0, 0.1) is 0 Å². The molecule has 1 fully saturated rings. The molecule has 78 valence electrons. The van der Waals surface area contributed by atoms with Gasteiger partial charge in [-0.15, -0.1) is 0 Å². The third-order valence-electron chi connectivity index (χ3n) is 2.94. The van der Waals surface area contributed by atoms with Crippen LogP contribution in [0.2, 0.25) is 0 Å². The molecule has 0 radical (unpaired) electrons. The number of likely N-dealkylation sites (N-methyl/N-ethyl adjacent to an activating group) is 1. The van der Waals surface area contributed by atoms with Crippen LogP contribution in [-0.2, 0) is 6.54 Å². The number of likely N-dealkylation sites (tertiary alicyclic amines) is 1. The first-order valence-electron chi connectivity index (χ1n) is 5.17. The van der Waals surface area contributed by atoms with E-state index in [-0.39, 0.29) is 5.75 Å². The normalized spacial score (nSPS) is 23.9. The van der Waals surface area contributed by atoms with Gasteiger partial charge in [-0.2, -0.15) is 5.10 Å². The molecule has 1 saturated heterocycles. The Morgan fingerprint density at radius 1 is 1.57 bits per heavy atom. The molecule has 1 unspecified atom stereocenters. The predicted molar refractivity (Wildman–Crippen MR) is 54.2 cm³/mol. The van der Waals surface area contributed by atoms with Crippen molar-refractivity contribution in [2.75, 3.05) is 13.6 Å². The topological polar surface area (TPSA) is 41.3 Å². The molecule has 0 spiro atoms. The fourth-order valence-corrected chi connectivity index (χ4v) is 2.04. The van der Waals surface area contributed by atoms with E-state index in [9.17, 15) is 0 Å². The molecular formula is C10H17N3O. The van der Waals surface area contributed by atoms with Crippen LogP contribution in [0.15, 0.2) is 12.4 Å². The Morgan fingerprint density at radius 3 is 3.07 bits per heavy atom. The molecule has 1 aliphatic rings. The van der Waals surface area contributed by atoms with Crippen molar-refractivity contribution in [2.24, 2.45) is 0 Å². The number of aromatic hydroxyl groups is 1. The lowest BCUT2D eigenvalue weighted by molar-refractivity contribution is 0.163. The van der Waals surface area contributed by atoms with E-state index in [1.54, 1.807) is 6.20 Å². The Bertz CT molecular complexity index is 297. The second-order valence-electron chi connectivity index (χ2n) is 4.05. The zero-order valence-electron chi connectivity index (χ0n) is 8.56. The van der Waals surface area contributed by atoms with Crippen molar-refractivity contribution >= 4 is 0 Å². The summed E-state index contributed by atoms with van der Waals surface area (Å²) in [5, 5.41) is 13.2. The maximum absolute atomic E-state index is 9.15. The molecule has 0 aliphatic carbocycles. The van der Waals surface area contributed by atoms with E-state index in [2.05, 4.69) is 17.0 Å². The molecule has 1 N–H and O–H groups in total. The summed E-state index contributed by atoms with van der Waals surface area (Å²) in [5.74, 6) is 0.253. The average Bonchev–Trinajstić information content (AvgIpc) is 2.56. The first-order valence-corrected chi connectivity index (χ1v) is 5.17. The van der Waals surface area contributed by atoms with Crippen molar-refractivity contribution in [3.05, 3.63) is 12.4 Å². The van der Waals surface area contributed by atoms with Crippen molar-refractivity contribution in [3.63, 3.8) is 0 Å². The third kappa shape index (κ3) is 2.07. The van der Waals surface area contributed by atoms with Crippen molar-refractivity contribution < 1.29 is 5.11 Å². The summed E-state index contributed by atoms with van der Waals surface area (Å²) < 4.78 is 1.82. The molecule has 1 aromatic heterocycles. The molecular weight excluding hydrogens is 178 g/mol. The number of hydrogen-bond donors (Lipinski definition) is 1. The van der Waals surface area contributed by atoms with Gasteiger partial charge >= 0.3 is 0 Å². The first-order chi connectivity index (χ1) is 6.75. The Balaban J connectivity index is 1.95. The van der Waals surface area contributed by atoms with Gasteiger partial charge in [0.1, 0.15) is 0 Å². The van der Waals surface area contributed by atoms with Gasteiger partial charge in [-0.1, -0.05) is 6.42 Å². The predicted octanol–water partition coefficient (Wildman–Crippen LogP) is 1.07. The summed E-state index contributed by atoms with van der Waals surface area (Å²) >= 11 is 0. The van der Waals surface area contributed by atoms with Gasteiger partial charge in [0.2, 0.25) is 0 Å². The van der Waals surface area contributed by atoms with Crippen LogP contribution in [0.1, 0.15) is 19.3 Å². The molecule has 1 atom stereocenters. The van der Waals surface area contributed by atoms with Crippen LogP contribution < -0.4 is 0 Å². The van der Waals surface area contributed by atoms with E-state index in [4.69, 9.17) is 5.11 Å². The van der Waals surface area contributed by atoms with Gasteiger partial charge in [-0.3, -0.25) is 4.68 Å². The summed E-state index contributed by atoms with van der Waals surface area (Å²) in [6, 6.07) is 0.572. The van der Waals surface area contributed by atoms with E-state index in [0.717, 1.165) is 6.54 Å². The van der Waals surface area contributed by atoms with Gasteiger partial charge in [-0.25, -0.2) is 0 Å². The van der Waals surface area contributed by atoms with E-state index >= 15 is 0 Å². The van der Waals surface area contributed by atoms with Crippen LogP contribution in [-0.4, -0.2) is 39.4 Å². The quantitative estimate of drug-likeness (QED) is 0.767. The van der Waals surface area contributed by atoms with Crippen molar-refractivity contribution in [1.29, 1.82) is 0 Å². The Hall–Kier alpha value is -1.03. The van der Waals surface area contributed by atoms with E-state index in [1.165, 1.54) is 32.0 Å². The standard InChI is InChI=1S/C10H17N3O/c1-12-5-3-2-4-9(12)7-13-8-10(14)6-11-13/h6,8-9,14H,2-5,7H2,1H3. The average molecular weight is 195 g/mol. The van der Waals surface area contributed by atoms with Crippen LogP contribution in [0.25, 0.3) is 0 Å². The summed E-state index contributed by atoms with van der Waals surface area (Å²) in [7, 11) is 2.16. The highest BCUT2D eigenvalue weighted by Gasteiger charge is 2.19. The number of nitrogens with zero attached hydrogens (tertiary/aromatic N) is 3. The molecule has 14 heavy (non-hydrogen) atoms. The lowest BCUT2D eigenvalue weighted by Gasteiger charge is -2.32. The number of hydrogen-bond acceptors (Lipinski definition) is 3. The van der Waals surface area contributed by atoms with E-state index < -0.39 is 0 Å². The van der Waals surface area contributed by atoms with Gasteiger partial charge in [0.15, 0.2) is 5.75 Å². The summed E-state index contributed by atoms with van der Waals surface area (Å²) in [6.45, 7) is 2.06. The van der Waals surface area contributed by atoms with Gasteiger partial charge in [0, 0.05) is 6.04 Å². The highest BCUT2D eigenvalue weighted by Crippen LogP contribution is 2.17. The zero-order valence-corrected chi connectivity index (χ0v) is 8.56. The monoisotopic (exact) mass is 195 g/mol. The minimum absolute atomic E-state index is 0.253. The fourth-order valence-electron chi connectivity index (χ4n) is 2.04. The maximum atomic E-state index is 9.15. The highest BCUT2D eigenvalue weighted by atomic mass is 16.3. The molecule has 1 aliphatic heterocycles. The van der Waals surface area contributed by atoms with Crippen LogP contribution in [0.3, 0.4) is 0 Å². The highest BCUT2D eigenvalue weighted by molar-refractivity contribution is 5.08. The molecule has 2 heterocycles. The van der Waals surface area contributed by atoms with Gasteiger partial charge < -0.3 is 10.0 Å². The second kappa shape index (κ2) is 4.00. The van der Waals surface area contributed by atoms with Crippen LogP contribution >= 0.6 is 0 Å². The Morgan fingerprint density at radius 2 is 2.43 bits per heavy atom. The molecule has 4 heteroatoms. The van der Waals surface area contributed by atoms with Crippen molar-refractivity contribution in [1.82, 2.24) is 14.7 Å². The third-order valence-corrected chi connectivity index (χ3v) is 2.94. The van der Waals surface area contributed by atoms with E-state index in [1.807, 2.05) is 4.68 Å². The largest absolute Gasteiger partial charge is 0.505 e. The minimum Gasteiger partial charge on any atom is -0.505 e. The summed E-state index contributed by atoms with van der Waals surface area (Å²) in [6.07, 6.45) is 7.02. The van der Waals surface area contributed by atoms with Crippen LogP contribution in [0.4, 0.5) is 0 Å². The van der Waals surface area contributed by atoms with Gasteiger partial charge in [-0.05, 0) is 26.4 Å². The summed E-state index contributed by atoms with van der Waals surface area (Å²) in [5.41, 5.74) is 0. The molecule has 4 nitrogen and oxygen atoms in total. The Labute approximate surface area is 84.1 Å². The molecule has 2 rings (SSSR count). The van der Waals surface area contributed by atoms with Crippen LogP contribution in [0.5, 0.6) is 5.75 Å².